The van der Waals surface area contributed by atoms with Crippen molar-refractivity contribution in [3.8, 4) is 0 Å². The van der Waals surface area contributed by atoms with Crippen molar-refractivity contribution in [2.24, 2.45) is 34.5 Å². The summed E-state index contributed by atoms with van der Waals surface area (Å²) >= 11 is 0. The van der Waals surface area contributed by atoms with Crippen LogP contribution in [0.25, 0.3) is 5.57 Å². The van der Waals surface area contributed by atoms with Crippen molar-refractivity contribution in [3.63, 3.8) is 0 Å². The second-order valence-electron chi connectivity index (χ2n) is 10.2. The van der Waals surface area contributed by atoms with E-state index in [0.29, 0.717) is 16.7 Å². The normalized spacial score (nSPS) is 46.0. The first-order valence-corrected chi connectivity index (χ1v) is 10.9. The summed E-state index contributed by atoms with van der Waals surface area (Å²) in [6, 6.07) is 4.38. The molecular weight excluding hydrogens is 330 g/mol. The summed E-state index contributed by atoms with van der Waals surface area (Å²) in [7, 11) is 0. The van der Waals surface area contributed by atoms with Gasteiger partial charge in [-0.2, -0.15) is 0 Å². The molecule has 1 aromatic rings. The van der Waals surface area contributed by atoms with Crippen LogP contribution in [0.1, 0.15) is 64.9 Å². The molecule has 0 aromatic carbocycles. The van der Waals surface area contributed by atoms with Crippen molar-refractivity contribution >= 4 is 5.57 Å². The van der Waals surface area contributed by atoms with Gasteiger partial charge in [-0.25, -0.2) is 0 Å². The number of aromatic nitrogens is 1. The van der Waals surface area contributed by atoms with E-state index in [4.69, 9.17) is 0 Å². The van der Waals surface area contributed by atoms with Crippen molar-refractivity contribution in [1.82, 2.24) is 4.98 Å². The molecule has 2 fully saturated rings. The molecule has 0 radical (unpaired) electrons. The molecule has 0 unspecified atom stereocenters. The molecule has 0 amide bonds. The Kier molecular flexibility index (Phi) is 3.95. The molecule has 5 rings (SSSR count). The van der Waals surface area contributed by atoms with Crippen LogP contribution >= 0.6 is 0 Å². The van der Waals surface area contributed by atoms with Gasteiger partial charge in [0.1, 0.15) is 0 Å². The minimum Gasteiger partial charge on any atom is -0.393 e. The maximum Gasteiger partial charge on any atom is 0.0577 e. The zero-order valence-electron chi connectivity index (χ0n) is 17.0. The first-order valence-electron chi connectivity index (χ1n) is 10.9. The summed E-state index contributed by atoms with van der Waals surface area (Å²) in [5.41, 5.74) is 5.13. The number of aliphatic hydroxyl groups is 1. The van der Waals surface area contributed by atoms with E-state index >= 15 is 0 Å². The van der Waals surface area contributed by atoms with Gasteiger partial charge in [0.25, 0.3) is 0 Å². The Bertz CT molecular complexity index is 796. The minimum absolute atomic E-state index is 0.117. The average Bonchev–Trinajstić information content (AvgIpc) is 3.01. The predicted octanol–water partition coefficient (Wildman–Crippen LogP) is 5.64. The quantitative estimate of drug-likeness (QED) is 0.655. The van der Waals surface area contributed by atoms with Crippen molar-refractivity contribution in [2.45, 2.75) is 65.4 Å². The van der Waals surface area contributed by atoms with Crippen LogP contribution in [0.15, 0.2) is 42.3 Å². The van der Waals surface area contributed by atoms with Crippen molar-refractivity contribution in [2.75, 3.05) is 0 Å². The Hall–Kier alpha value is -1.41. The zero-order valence-corrected chi connectivity index (χ0v) is 17.0. The van der Waals surface area contributed by atoms with Crippen LogP contribution in [0.2, 0.25) is 0 Å². The number of allylic oxidation sites excluding steroid dienone is 3. The minimum atomic E-state index is -0.117. The number of nitrogens with zero attached hydrogens (tertiary/aromatic N) is 1. The number of rotatable bonds is 1. The fourth-order valence-corrected chi connectivity index (χ4v) is 7.55. The van der Waals surface area contributed by atoms with Crippen molar-refractivity contribution in [3.05, 3.63) is 47.8 Å². The van der Waals surface area contributed by atoms with E-state index < -0.39 is 0 Å². The lowest BCUT2D eigenvalue weighted by atomic mass is 9.45. The smallest absolute Gasteiger partial charge is 0.0577 e. The second-order valence-corrected chi connectivity index (χ2v) is 10.2. The topological polar surface area (TPSA) is 33.1 Å². The predicted molar refractivity (Wildman–Crippen MR) is 110 cm³/mol. The van der Waals surface area contributed by atoms with Gasteiger partial charge in [0.2, 0.25) is 0 Å². The molecule has 2 saturated carbocycles. The molecule has 0 aliphatic heterocycles. The van der Waals surface area contributed by atoms with E-state index in [2.05, 4.69) is 50.0 Å². The van der Waals surface area contributed by atoms with Gasteiger partial charge < -0.3 is 5.11 Å². The Morgan fingerprint density at radius 2 is 1.78 bits per heavy atom. The highest BCUT2D eigenvalue weighted by atomic mass is 16.3. The molecule has 2 nitrogen and oxygen atoms in total. The molecule has 0 saturated heterocycles. The van der Waals surface area contributed by atoms with Gasteiger partial charge in [-0.1, -0.05) is 38.5 Å². The van der Waals surface area contributed by atoms with Crippen LogP contribution in [-0.2, 0) is 0 Å². The van der Waals surface area contributed by atoms with Crippen molar-refractivity contribution in [1.29, 1.82) is 0 Å². The summed E-state index contributed by atoms with van der Waals surface area (Å²) in [5.74, 6) is 2.92. The lowest BCUT2D eigenvalue weighted by Gasteiger charge is -2.59. The van der Waals surface area contributed by atoms with Crippen LogP contribution in [0, 0.1) is 34.5 Å². The lowest BCUT2D eigenvalue weighted by Crippen LogP contribution is -2.52. The highest BCUT2D eigenvalue weighted by Gasteiger charge is 2.58. The maximum absolute atomic E-state index is 10.2. The summed E-state index contributed by atoms with van der Waals surface area (Å²) < 4.78 is 0. The summed E-state index contributed by atoms with van der Waals surface area (Å²) in [6.45, 7) is 7.50. The molecule has 4 aliphatic carbocycles. The van der Waals surface area contributed by atoms with Gasteiger partial charge in [-0.3, -0.25) is 4.98 Å². The number of hydrogen-bond donors (Lipinski definition) is 1. The molecule has 1 N–H and O–H groups in total. The molecule has 144 valence electrons. The highest BCUT2D eigenvalue weighted by Crippen LogP contribution is 2.67. The van der Waals surface area contributed by atoms with Crippen LogP contribution in [0.5, 0.6) is 0 Å². The van der Waals surface area contributed by atoms with E-state index in [0.717, 1.165) is 30.6 Å². The Morgan fingerprint density at radius 1 is 1.04 bits per heavy atom. The standard InChI is InChI=1S/C25H33NO/c1-16-14-18-15-19(27)6-10-24(18,2)22-7-11-25(3)20(4-5-21(25)23(16)22)17-8-12-26-13-9-17/h4,8-9,12-14,16,19,21-23,27H,5-7,10-11,15H2,1-3H3/t16-,19-,21+,22+,23+,24+,25-/m1/s1. The number of fused-ring (bicyclic) bond motifs is 5. The van der Waals surface area contributed by atoms with Crippen molar-refractivity contribution < 1.29 is 5.11 Å². The van der Waals surface area contributed by atoms with Gasteiger partial charge in [0, 0.05) is 12.4 Å². The Balaban J connectivity index is 1.52. The molecule has 4 aliphatic rings. The van der Waals surface area contributed by atoms with E-state index in [1.54, 1.807) is 11.1 Å². The highest BCUT2D eigenvalue weighted by molar-refractivity contribution is 5.72. The summed E-state index contributed by atoms with van der Waals surface area (Å²) in [6.07, 6.45) is 15.8. The molecule has 1 heterocycles. The van der Waals surface area contributed by atoms with Crippen LogP contribution in [-0.4, -0.2) is 16.2 Å². The van der Waals surface area contributed by atoms with Gasteiger partial charge in [-0.15, -0.1) is 0 Å². The largest absolute Gasteiger partial charge is 0.393 e. The summed E-state index contributed by atoms with van der Waals surface area (Å²) in [4.78, 5) is 4.23. The van der Waals surface area contributed by atoms with E-state index in [-0.39, 0.29) is 6.10 Å². The molecule has 1 aromatic heterocycles. The molecule has 27 heavy (non-hydrogen) atoms. The molecule has 0 spiro atoms. The van der Waals surface area contributed by atoms with Gasteiger partial charge in [-0.05, 0) is 96.3 Å². The maximum atomic E-state index is 10.2. The van der Waals surface area contributed by atoms with E-state index in [9.17, 15) is 5.11 Å². The molecule has 7 atom stereocenters. The zero-order chi connectivity index (χ0) is 18.8. The first kappa shape index (κ1) is 17.7. The molecule has 0 bridgehead atoms. The third-order valence-electron chi connectivity index (χ3n) is 8.98. The SMILES string of the molecule is C[C@@H]1C=C2C[C@H](O)CC[C@]2(C)[C@H]2CC[C@]3(C)C(c4ccncc4)=CC[C@H]3[C@H]12. The van der Waals surface area contributed by atoms with E-state index in [1.165, 1.54) is 31.2 Å². The molecular formula is C25H33NO. The third kappa shape index (κ3) is 2.45. The van der Waals surface area contributed by atoms with Gasteiger partial charge in [0.15, 0.2) is 0 Å². The van der Waals surface area contributed by atoms with Gasteiger partial charge >= 0.3 is 0 Å². The first-order chi connectivity index (χ1) is 12.9. The van der Waals surface area contributed by atoms with Crippen LogP contribution in [0.4, 0.5) is 0 Å². The fraction of sp³-hybridized carbons (Fsp3) is 0.640. The third-order valence-corrected chi connectivity index (χ3v) is 8.98. The summed E-state index contributed by atoms with van der Waals surface area (Å²) in [5, 5.41) is 10.2. The fourth-order valence-electron chi connectivity index (χ4n) is 7.55. The Labute approximate surface area is 163 Å². The molecule has 2 heteroatoms. The Morgan fingerprint density at radius 3 is 2.56 bits per heavy atom. The van der Waals surface area contributed by atoms with Gasteiger partial charge in [0.05, 0.1) is 6.10 Å². The lowest BCUT2D eigenvalue weighted by molar-refractivity contribution is -0.0425. The number of hydrogen-bond acceptors (Lipinski definition) is 2. The average molecular weight is 364 g/mol. The monoisotopic (exact) mass is 363 g/mol. The number of pyridine rings is 1. The second kappa shape index (κ2) is 6.04. The number of aliphatic hydroxyl groups excluding tert-OH is 1. The van der Waals surface area contributed by atoms with Crippen LogP contribution < -0.4 is 0 Å². The van der Waals surface area contributed by atoms with Crippen LogP contribution in [0.3, 0.4) is 0 Å². The van der Waals surface area contributed by atoms with E-state index in [1.807, 2.05) is 12.4 Å².